The Morgan fingerprint density at radius 2 is 1.95 bits per heavy atom. The van der Waals surface area contributed by atoms with Gasteiger partial charge in [0.2, 0.25) is 5.91 Å². The van der Waals surface area contributed by atoms with Gasteiger partial charge in [-0.2, -0.15) is 0 Å². The molecule has 0 heterocycles. The minimum atomic E-state index is -1.07. The molecule has 7 heteroatoms. The van der Waals surface area contributed by atoms with E-state index in [4.69, 9.17) is 4.74 Å². The van der Waals surface area contributed by atoms with Gasteiger partial charge in [-0.25, -0.2) is 8.78 Å². The van der Waals surface area contributed by atoms with E-state index in [2.05, 4.69) is 5.32 Å². The SMILES string of the molecule is COCCCN(CCNC(=O)c1ccc(F)c(F)c1)C(C)=O. The number of nitrogens with one attached hydrogen (secondary N) is 1. The molecule has 1 rings (SSSR count). The first-order valence-corrected chi connectivity index (χ1v) is 6.93. The van der Waals surface area contributed by atoms with Crippen molar-refractivity contribution < 1.29 is 23.1 Å². The third-order valence-corrected chi connectivity index (χ3v) is 3.07. The maximum atomic E-state index is 13.0. The first-order valence-electron chi connectivity index (χ1n) is 6.93. The standard InChI is InChI=1S/C15H20F2N2O3/c1-11(20)19(7-3-9-22-2)8-6-18-15(21)12-4-5-13(16)14(17)10-12/h4-5,10H,3,6-9H2,1-2H3,(H,18,21). The van der Waals surface area contributed by atoms with Crippen LogP contribution in [0.1, 0.15) is 23.7 Å². The molecule has 5 nitrogen and oxygen atoms in total. The van der Waals surface area contributed by atoms with Crippen LogP contribution < -0.4 is 5.32 Å². The average Bonchev–Trinajstić information content (AvgIpc) is 2.48. The highest BCUT2D eigenvalue weighted by molar-refractivity contribution is 5.94. The van der Waals surface area contributed by atoms with E-state index in [0.29, 0.717) is 26.1 Å². The fourth-order valence-corrected chi connectivity index (χ4v) is 1.87. The molecule has 22 heavy (non-hydrogen) atoms. The normalized spacial score (nSPS) is 10.4. The quantitative estimate of drug-likeness (QED) is 0.741. The highest BCUT2D eigenvalue weighted by Gasteiger charge is 2.11. The van der Waals surface area contributed by atoms with Crippen LogP contribution in [-0.2, 0) is 9.53 Å². The molecule has 0 aromatic heterocycles. The second-order valence-electron chi connectivity index (χ2n) is 4.74. The molecule has 0 aliphatic heterocycles. The topological polar surface area (TPSA) is 58.6 Å². The molecule has 0 aliphatic rings. The van der Waals surface area contributed by atoms with Crippen molar-refractivity contribution in [2.24, 2.45) is 0 Å². The summed E-state index contributed by atoms with van der Waals surface area (Å²) in [7, 11) is 1.58. The van der Waals surface area contributed by atoms with Gasteiger partial charge in [0.15, 0.2) is 11.6 Å². The predicted molar refractivity (Wildman–Crippen MR) is 77.4 cm³/mol. The molecule has 0 aliphatic carbocycles. The van der Waals surface area contributed by atoms with Gasteiger partial charge in [-0.3, -0.25) is 9.59 Å². The summed E-state index contributed by atoms with van der Waals surface area (Å²) in [6, 6.07) is 2.94. The van der Waals surface area contributed by atoms with E-state index in [1.54, 1.807) is 12.0 Å². The van der Waals surface area contributed by atoms with Gasteiger partial charge >= 0.3 is 0 Å². The summed E-state index contributed by atoms with van der Waals surface area (Å²) in [5.41, 5.74) is 0.0349. The van der Waals surface area contributed by atoms with E-state index >= 15 is 0 Å². The van der Waals surface area contributed by atoms with E-state index in [1.165, 1.54) is 13.0 Å². The van der Waals surface area contributed by atoms with Crippen molar-refractivity contribution in [3.8, 4) is 0 Å². The molecular weight excluding hydrogens is 294 g/mol. The minimum Gasteiger partial charge on any atom is -0.385 e. The van der Waals surface area contributed by atoms with Crippen LogP contribution in [-0.4, -0.2) is 50.1 Å². The minimum absolute atomic E-state index is 0.0349. The molecule has 0 spiro atoms. The van der Waals surface area contributed by atoms with Gasteiger partial charge in [0.25, 0.3) is 5.91 Å². The summed E-state index contributed by atoms with van der Waals surface area (Å²) in [4.78, 5) is 24.8. The van der Waals surface area contributed by atoms with Crippen molar-refractivity contribution in [1.82, 2.24) is 10.2 Å². The van der Waals surface area contributed by atoms with Crippen molar-refractivity contribution in [3.63, 3.8) is 0 Å². The second kappa shape index (κ2) is 9.09. The number of hydrogen-bond donors (Lipinski definition) is 1. The van der Waals surface area contributed by atoms with E-state index in [9.17, 15) is 18.4 Å². The van der Waals surface area contributed by atoms with Crippen LogP contribution in [0.5, 0.6) is 0 Å². The van der Waals surface area contributed by atoms with Crippen LogP contribution in [0.25, 0.3) is 0 Å². The van der Waals surface area contributed by atoms with Crippen LogP contribution in [0.15, 0.2) is 18.2 Å². The lowest BCUT2D eigenvalue weighted by atomic mass is 10.2. The number of carbonyl (C=O) groups is 2. The largest absolute Gasteiger partial charge is 0.385 e. The fourth-order valence-electron chi connectivity index (χ4n) is 1.87. The van der Waals surface area contributed by atoms with E-state index in [1.807, 2.05) is 0 Å². The molecule has 1 aromatic carbocycles. The number of ether oxygens (including phenoxy) is 1. The Hall–Kier alpha value is -2.02. The highest BCUT2D eigenvalue weighted by atomic mass is 19.2. The van der Waals surface area contributed by atoms with Crippen molar-refractivity contribution in [2.45, 2.75) is 13.3 Å². The summed E-state index contributed by atoms with van der Waals surface area (Å²) in [6.45, 7) is 3.10. The maximum Gasteiger partial charge on any atom is 0.251 e. The monoisotopic (exact) mass is 314 g/mol. The van der Waals surface area contributed by atoms with Gasteiger partial charge in [0, 0.05) is 45.8 Å². The van der Waals surface area contributed by atoms with Crippen LogP contribution in [0.2, 0.25) is 0 Å². The number of benzene rings is 1. The Morgan fingerprint density at radius 1 is 1.23 bits per heavy atom. The Kier molecular flexibility index (Phi) is 7.45. The third kappa shape index (κ3) is 5.77. The number of halogens is 2. The van der Waals surface area contributed by atoms with Gasteiger partial charge in [-0.1, -0.05) is 0 Å². The molecule has 2 amide bonds. The number of methoxy groups -OCH3 is 1. The molecule has 1 aromatic rings. The highest BCUT2D eigenvalue weighted by Crippen LogP contribution is 2.08. The van der Waals surface area contributed by atoms with Crippen molar-refractivity contribution in [3.05, 3.63) is 35.4 Å². The summed E-state index contributed by atoms with van der Waals surface area (Å²) < 4.78 is 30.8. The second-order valence-corrected chi connectivity index (χ2v) is 4.74. The Balaban J connectivity index is 2.45. The molecule has 0 saturated heterocycles. The first-order chi connectivity index (χ1) is 10.5. The van der Waals surface area contributed by atoms with E-state index in [0.717, 1.165) is 12.1 Å². The molecule has 0 unspecified atom stereocenters. The van der Waals surface area contributed by atoms with Gasteiger partial charge in [-0.05, 0) is 24.6 Å². The summed E-state index contributed by atoms with van der Waals surface area (Å²) in [5, 5.41) is 2.57. The summed E-state index contributed by atoms with van der Waals surface area (Å²) >= 11 is 0. The lowest BCUT2D eigenvalue weighted by molar-refractivity contribution is -0.129. The predicted octanol–water partition coefficient (Wildman–Crippen LogP) is 1.58. The Morgan fingerprint density at radius 3 is 2.55 bits per heavy atom. The number of carbonyl (C=O) groups excluding carboxylic acids is 2. The maximum absolute atomic E-state index is 13.0. The molecular formula is C15H20F2N2O3. The Bertz CT molecular complexity index is 524. The lowest BCUT2D eigenvalue weighted by Gasteiger charge is -2.21. The third-order valence-electron chi connectivity index (χ3n) is 3.07. The zero-order chi connectivity index (χ0) is 16.5. The zero-order valence-corrected chi connectivity index (χ0v) is 12.7. The number of rotatable bonds is 8. The zero-order valence-electron chi connectivity index (χ0n) is 12.7. The van der Waals surface area contributed by atoms with Crippen molar-refractivity contribution >= 4 is 11.8 Å². The van der Waals surface area contributed by atoms with Gasteiger partial charge in [0.1, 0.15) is 0 Å². The smallest absolute Gasteiger partial charge is 0.251 e. The van der Waals surface area contributed by atoms with Gasteiger partial charge < -0.3 is 15.0 Å². The van der Waals surface area contributed by atoms with Crippen molar-refractivity contribution in [2.75, 3.05) is 33.4 Å². The molecule has 0 radical (unpaired) electrons. The van der Waals surface area contributed by atoms with Crippen LogP contribution in [0.4, 0.5) is 8.78 Å². The van der Waals surface area contributed by atoms with E-state index in [-0.39, 0.29) is 18.0 Å². The number of amides is 2. The summed E-state index contributed by atoms with van der Waals surface area (Å²) in [6.07, 6.45) is 0.702. The molecule has 0 saturated carbocycles. The average molecular weight is 314 g/mol. The van der Waals surface area contributed by atoms with Gasteiger partial charge in [0.05, 0.1) is 0 Å². The summed E-state index contributed by atoms with van der Waals surface area (Å²) in [5.74, 6) is -2.69. The first kappa shape index (κ1) is 18.0. The van der Waals surface area contributed by atoms with Crippen LogP contribution in [0.3, 0.4) is 0 Å². The number of hydrogen-bond acceptors (Lipinski definition) is 3. The molecule has 0 atom stereocenters. The van der Waals surface area contributed by atoms with Crippen molar-refractivity contribution in [1.29, 1.82) is 0 Å². The van der Waals surface area contributed by atoms with Crippen LogP contribution >= 0.6 is 0 Å². The molecule has 0 fully saturated rings. The van der Waals surface area contributed by atoms with Crippen LogP contribution in [0, 0.1) is 11.6 Å². The van der Waals surface area contributed by atoms with E-state index < -0.39 is 17.5 Å². The fraction of sp³-hybridized carbons (Fsp3) is 0.467. The van der Waals surface area contributed by atoms with Gasteiger partial charge in [-0.15, -0.1) is 0 Å². The number of nitrogens with zero attached hydrogens (tertiary/aromatic N) is 1. The molecule has 0 bridgehead atoms. The lowest BCUT2D eigenvalue weighted by Crippen LogP contribution is -2.38. The molecule has 122 valence electrons. The Labute approximate surface area is 128 Å². The molecule has 1 N–H and O–H groups in total.